The van der Waals surface area contributed by atoms with Crippen LogP contribution in [-0.2, 0) is 0 Å². The first-order valence-electron chi connectivity index (χ1n) is 9.62. The fraction of sp³-hybridized carbons (Fsp3) is 0.182. The summed E-state index contributed by atoms with van der Waals surface area (Å²) in [6, 6.07) is 12.7. The van der Waals surface area contributed by atoms with Crippen LogP contribution in [-0.4, -0.2) is 25.2 Å². The number of hydrogen-bond donors (Lipinski definition) is 3. The van der Waals surface area contributed by atoms with Gasteiger partial charge in [0, 0.05) is 12.1 Å². The van der Waals surface area contributed by atoms with E-state index in [4.69, 9.17) is 25.5 Å². The molecule has 1 heterocycles. The third-order valence-corrected chi connectivity index (χ3v) is 4.37. The van der Waals surface area contributed by atoms with Crippen LogP contribution >= 0.6 is 11.6 Å². The lowest BCUT2D eigenvalue weighted by molar-refractivity contribution is 0.0996. The van der Waals surface area contributed by atoms with Crippen molar-refractivity contribution in [1.29, 1.82) is 0 Å². The van der Waals surface area contributed by atoms with E-state index < -0.39 is 11.9 Å². The Balaban J connectivity index is 1.86. The molecule has 0 bridgehead atoms. The topological polar surface area (TPSA) is 102 Å². The summed E-state index contributed by atoms with van der Waals surface area (Å²) < 4.78 is 16.4. The lowest BCUT2D eigenvalue weighted by Gasteiger charge is -2.18. The summed E-state index contributed by atoms with van der Waals surface area (Å²) >= 11 is 6.10. The van der Waals surface area contributed by atoms with E-state index in [1.165, 1.54) is 6.26 Å². The third kappa shape index (κ3) is 5.70. The third-order valence-electron chi connectivity index (χ3n) is 4.04. The molecule has 0 aliphatic rings. The Morgan fingerprint density at radius 1 is 0.871 bits per heavy atom. The van der Waals surface area contributed by atoms with Gasteiger partial charge in [0.25, 0.3) is 5.91 Å². The average Bonchev–Trinajstić information content (AvgIpc) is 3.28. The van der Waals surface area contributed by atoms with Gasteiger partial charge in [0.15, 0.2) is 5.76 Å². The van der Waals surface area contributed by atoms with Crippen molar-refractivity contribution in [2.24, 2.45) is 0 Å². The maximum absolute atomic E-state index is 12.5. The molecule has 2 aromatic carbocycles. The van der Waals surface area contributed by atoms with E-state index in [9.17, 15) is 9.59 Å². The van der Waals surface area contributed by atoms with Crippen molar-refractivity contribution in [1.82, 2.24) is 0 Å². The van der Waals surface area contributed by atoms with Gasteiger partial charge in [-0.3, -0.25) is 4.79 Å². The van der Waals surface area contributed by atoms with Crippen molar-refractivity contribution in [2.45, 2.75) is 13.8 Å². The number of carbonyl (C=O) groups excluding carboxylic acids is 2. The zero-order valence-corrected chi connectivity index (χ0v) is 17.8. The van der Waals surface area contributed by atoms with Crippen LogP contribution in [0, 0.1) is 0 Å². The first-order valence-corrected chi connectivity index (χ1v) is 10.0. The van der Waals surface area contributed by atoms with Crippen LogP contribution in [0.25, 0.3) is 0 Å². The summed E-state index contributed by atoms with van der Waals surface area (Å²) in [5.74, 6) is 0.432. The van der Waals surface area contributed by atoms with Gasteiger partial charge < -0.3 is 29.8 Å². The zero-order valence-electron chi connectivity index (χ0n) is 17.0. The number of hydrogen-bond acceptors (Lipinski definition) is 5. The second-order valence-electron chi connectivity index (χ2n) is 6.20. The number of amides is 3. The fourth-order valence-corrected chi connectivity index (χ4v) is 2.92. The van der Waals surface area contributed by atoms with Gasteiger partial charge in [0.2, 0.25) is 0 Å². The van der Waals surface area contributed by atoms with E-state index in [1.807, 2.05) is 13.8 Å². The molecule has 0 aliphatic carbocycles. The number of carbonyl (C=O) groups is 2. The number of anilines is 3. The maximum Gasteiger partial charge on any atom is 0.323 e. The average molecular weight is 444 g/mol. The minimum absolute atomic E-state index is 0.154. The van der Waals surface area contributed by atoms with Crippen molar-refractivity contribution in [3.05, 3.63) is 65.6 Å². The normalized spacial score (nSPS) is 10.3. The molecule has 3 aromatic rings. The monoisotopic (exact) mass is 443 g/mol. The quantitative estimate of drug-likeness (QED) is 0.419. The van der Waals surface area contributed by atoms with Crippen LogP contribution in [0.4, 0.5) is 21.9 Å². The minimum Gasteiger partial charge on any atom is -0.492 e. The number of ether oxygens (including phenoxy) is 2. The maximum atomic E-state index is 12.5. The highest BCUT2D eigenvalue weighted by Gasteiger charge is 2.18. The Hall–Kier alpha value is -3.65. The van der Waals surface area contributed by atoms with Crippen molar-refractivity contribution in [3.63, 3.8) is 0 Å². The van der Waals surface area contributed by atoms with Gasteiger partial charge in [0.1, 0.15) is 11.5 Å². The SMILES string of the molecule is CCOc1cc(NC(=O)c2ccco2)c(OCC)cc1NC(=O)Nc1ccccc1Cl. The second kappa shape index (κ2) is 10.4. The molecular weight excluding hydrogens is 422 g/mol. The van der Waals surface area contributed by atoms with Crippen LogP contribution in [0.15, 0.2) is 59.2 Å². The van der Waals surface area contributed by atoms with E-state index in [-0.39, 0.29) is 5.76 Å². The number of para-hydroxylation sites is 1. The lowest BCUT2D eigenvalue weighted by Crippen LogP contribution is -2.20. The minimum atomic E-state index is -0.510. The highest BCUT2D eigenvalue weighted by Crippen LogP contribution is 2.37. The largest absolute Gasteiger partial charge is 0.492 e. The molecule has 3 rings (SSSR count). The number of furan rings is 1. The smallest absolute Gasteiger partial charge is 0.323 e. The van der Waals surface area contributed by atoms with Gasteiger partial charge in [-0.25, -0.2) is 4.79 Å². The van der Waals surface area contributed by atoms with Crippen molar-refractivity contribution in [2.75, 3.05) is 29.2 Å². The predicted octanol–water partition coefficient (Wildman–Crippen LogP) is 5.63. The number of benzene rings is 2. The Labute approximate surface area is 184 Å². The Bertz CT molecular complexity index is 1050. The number of rotatable bonds is 8. The molecule has 0 fully saturated rings. The van der Waals surface area contributed by atoms with Gasteiger partial charge in [-0.05, 0) is 38.1 Å². The second-order valence-corrected chi connectivity index (χ2v) is 6.61. The van der Waals surface area contributed by atoms with Crippen LogP contribution in [0.5, 0.6) is 11.5 Å². The number of nitrogens with one attached hydrogen (secondary N) is 3. The molecule has 9 heteroatoms. The Morgan fingerprint density at radius 2 is 1.48 bits per heavy atom. The molecule has 3 N–H and O–H groups in total. The van der Waals surface area contributed by atoms with Gasteiger partial charge in [-0.2, -0.15) is 0 Å². The standard InChI is InChI=1S/C22H22ClN3O5/c1-3-29-19-13-17(26-22(28)25-15-9-6-5-8-14(15)23)20(30-4-2)12-16(19)24-21(27)18-10-7-11-31-18/h5-13H,3-4H2,1-2H3,(H,24,27)(H2,25,26,28). The van der Waals surface area contributed by atoms with Gasteiger partial charge in [0.05, 0.1) is 41.6 Å². The van der Waals surface area contributed by atoms with Crippen LogP contribution in [0.2, 0.25) is 5.02 Å². The molecule has 1 aromatic heterocycles. The van der Waals surface area contributed by atoms with Crippen LogP contribution in [0.1, 0.15) is 24.4 Å². The Morgan fingerprint density at radius 3 is 2.06 bits per heavy atom. The molecule has 0 saturated carbocycles. The van der Waals surface area contributed by atoms with Gasteiger partial charge >= 0.3 is 6.03 Å². The molecule has 0 saturated heterocycles. The number of urea groups is 1. The molecule has 0 atom stereocenters. The van der Waals surface area contributed by atoms with E-state index in [2.05, 4.69) is 16.0 Å². The Kier molecular flexibility index (Phi) is 7.40. The summed E-state index contributed by atoms with van der Waals surface area (Å²) in [7, 11) is 0. The molecule has 0 spiro atoms. The summed E-state index contributed by atoms with van der Waals surface area (Å²) in [5.41, 5.74) is 1.21. The predicted molar refractivity (Wildman–Crippen MR) is 120 cm³/mol. The summed E-state index contributed by atoms with van der Waals surface area (Å²) in [6.45, 7) is 4.32. The van der Waals surface area contributed by atoms with E-state index in [1.54, 1.807) is 48.5 Å². The van der Waals surface area contributed by atoms with E-state index in [0.717, 1.165) is 0 Å². The molecule has 0 unspecified atom stereocenters. The lowest BCUT2D eigenvalue weighted by atomic mass is 10.2. The summed E-state index contributed by atoms with van der Waals surface area (Å²) in [6.07, 6.45) is 1.41. The molecule has 31 heavy (non-hydrogen) atoms. The van der Waals surface area contributed by atoms with E-state index in [0.29, 0.717) is 46.8 Å². The van der Waals surface area contributed by atoms with Crippen molar-refractivity contribution in [3.8, 4) is 11.5 Å². The summed E-state index contributed by atoms with van der Waals surface area (Å²) in [5, 5.41) is 8.57. The summed E-state index contributed by atoms with van der Waals surface area (Å²) in [4.78, 5) is 24.9. The van der Waals surface area contributed by atoms with Gasteiger partial charge in [-0.15, -0.1) is 0 Å². The van der Waals surface area contributed by atoms with Gasteiger partial charge in [-0.1, -0.05) is 23.7 Å². The molecule has 0 aliphatic heterocycles. The zero-order chi connectivity index (χ0) is 22.2. The molecule has 3 amide bonds. The van der Waals surface area contributed by atoms with Crippen LogP contribution in [0.3, 0.4) is 0 Å². The first kappa shape index (κ1) is 22.0. The molecular formula is C22H22ClN3O5. The molecule has 0 radical (unpaired) electrons. The van der Waals surface area contributed by atoms with Crippen molar-refractivity contribution < 1.29 is 23.5 Å². The van der Waals surface area contributed by atoms with E-state index >= 15 is 0 Å². The number of halogens is 1. The molecule has 162 valence electrons. The highest BCUT2D eigenvalue weighted by molar-refractivity contribution is 6.33. The fourth-order valence-electron chi connectivity index (χ4n) is 2.74. The van der Waals surface area contributed by atoms with Crippen molar-refractivity contribution >= 4 is 40.6 Å². The van der Waals surface area contributed by atoms with Crippen LogP contribution < -0.4 is 25.4 Å². The molecule has 8 nitrogen and oxygen atoms in total. The first-order chi connectivity index (χ1) is 15.0. The highest BCUT2D eigenvalue weighted by atomic mass is 35.5.